The van der Waals surface area contributed by atoms with Gasteiger partial charge in [-0.3, -0.25) is 0 Å². The van der Waals surface area contributed by atoms with E-state index in [4.69, 9.17) is 0 Å². The molecule has 0 atom stereocenters. The van der Waals surface area contributed by atoms with E-state index in [0.29, 0.717) is 0 Å². The Hall–Kier alpha value is -4.71. The van der Waals surface area contributed by atoms with Crippen molar-refractivity contribution < 1.29 is 4.39 Å². The summed E-state index contributed by atoms with van der Waals surface area (Å²) in [5.41, 5.74) is 6.70. The van der Waals surface area contributed by atoms with Crippen molar-refractivity contribution in [3.8, 4) is 0 Å². The quantitative estimate of drug-likeness (QED) is 0.196. The van der Waals surface area contributed by atoms with Crippen molar-refractivity contribution in [3.05, 3.63) is 139 Å². The number of rotatable bonds is 5. The minimum Gasteiger partial charge on any atom is -0.345 e. The smallest absolute Gasteiger partial charge is 0.123 e. The zero-order valence-electron chi connectivity index (χ0n) is 23.7. The first-order chi connectivity index (χ1) is 21.0. The fourth-order valence-corrected chi connectivity index (χ4v) is 8.20. The highest BCUT2D eigenvalue weighted by Crippen LogP contribution is 2.44. The van der Waals surface area contributed by atoms with Gasteiger partial charge in [0.05, 0.1) is 0 Å². The summed E-state index contributed by atoms with van der Waals surface area (Å²) in [7, 11) is 2.02. The highest BCUT2D eigenvalue weighted by molar-refractivity contribution is 7.26. The highest BCUT2D eigenvalue weighted by atomic mass is 32.1. The van der Waals surface area contributed by atoms with Gasteiger partial charge in [0.15, 0.2) is 0 Å². The number of hydrogen-bond acceptors (Lipinski definition) is 4. The molecule has 8 aromatic rings. The summed E-state index contributed by atoms with van der Waals surface area (Å²) in [5, 5.41) is 5.11. The van der Waals surface area contributed by atoms with E-state index < -0.39 is 0 Å². The normalized spacial score (nSPS) is 11.6. The van der Waals surface area contributed by atoms with E-state index in [9.17, 15) is 4.39 Å². The van der Waals surface area contributed by atoms with Crippen LogP contribution in [-0.4, -0.2) is 7.05 Å². The molecule has 0 fully saturated rings. The van der Waals surface area contributed by atoms with Gasteiger partial charge in [-0.25, -0.2) is 4.39 Å². The third kappa shape index (κ3) is 4.53. The van der Waals surface area contributed by atoms with E-state index in [-0.39, 0.29) is 5.82 Å². The van der Waals surface area contributed by atoms with Crippen molar-refractivity contribution in [3.63, 3.8) is 0 Å². The van der Waals surface area contributed by atoms with Gasteiger partial charge in [0.25, 0.3) is 0 Å². The Bertz CT molecular complexity index is 2280. The Kier molecular flexibility index (Phi) is 6.17. The maximum absolute atomic E-state index is 13.5. The van der Waals surface area contributed by atoms with Crippen LogP contribution in [0.2, 0.25) is 0 Å². The molecule has 8 rings (SSSR count). The van der Waals surface area contributed by atoms with E-state index in [1.807, 2.05) is 41.9 Å². The molecule has 43 heavy (non-hydrogen) atoms. The molecule has 2 nitrogen and oxygen atoms in total. The largest absolute Gasteiger partial charge is 0.345 e. The molecule has 0 saturated heterocycles. The standard InChI is InChI=1S/C38H27FN2S2/c1-24-8-18-35-33(20-24)34-21-29(15-19-36(34)42-35)41(27-6-4-3-5-7-27)30-14-17-32-31-16-13-28(22-37(31)43-38(32)23-30)40(2)26-11-9-25(39)10-12-26/h3-23H,1-2H3. The molecule has 0 amide bonds. The van der Waals surface area contributed by atoms with Gasteiger partial charge in [0, 0.05) is 75.8 Å². The third-order valence-corrected chi connectivity index (χ3v) is 10.4. The first-order valence-corrected chi connectivity index (χ1v) is 15.9. The average molecular weight is 595 g/mol. The molecule has 0 aliphatic carbocycles. The SMILES string of the molecule is Cc1ccc2sc3ccc(N(c4ccccc4)c4ccc5c(c4)sc4cc(N(C)c6ccc(F)cc6)ccc45)cc3c2c1. The van der Waals surface area contributed by atoms with Gasteiger partial charge in [0.1, 0.15) is 5.82 Å². The zero-order valence-corrected chi connectivity index (χ0v) is 25.3. The number of fused-ring (bicyclic) bond motifs is 6. The molecule has 2 heterocycles. The number of thiophene rings is 2. The van der Waals surface area contributed by atoms with Crippen LogP contribution in [0.5, 0.6) is 0 Å². The number of aryl methyl sites for hydroxylation is 1. The van der Waals surface area contributed by atoms with Gasteiger partial charge >= 0.3 is 0 Å². The van der Waals surface area contributed by atoms with Crippen LogP contribution in [0.15, 0.2) is 127 Å². The van der Waals surface area contributed by atoms with Crippen LogP contribution >= 0.6 is 22.7 Å². The molecular formula is C38H27FN2S2. The molecule has 0 bridgehead atoms. The van der Waals surface area contributed by atoms with E-state index in [1.165, 1.54) is 58.0 Å². The molecule has 2 aromatic heterocycles. The summed E-state index contributed by atoms with van der Waals surface area (Å²) in [4.78, 5) is 4.45. The van der Waals surface area contributed by atoms with Crippen LogP contribution in [0.1, 0.15) is 5.56 Å². The minimum atomic E-state index is -0.226. The summed E-state index contributed by atoms with van der Waals surface area (Å²) in [6.45, 7) is 2.16. The first kappa shape index (κ1) is 26.0. The van der Waals surface area contributed by atoms with Crippen molar-refractivity contribution in [2.45, 2.75) is 6.92 Å². The number of halogens is 1. The monoisotopic (exact) mass is 594 g/mol. The van der Waals surface area contributed by atoms with E-state index in [2.05, 4.69) is 120 Å². The van der Waals surface area contributed by atoms with Gasteiger partial charge in [-0.1, -0.05) is 42.0 Å². The lowest BCUT2D eigenvalue weighted by Crippen LogP contribution is -2.09. The first-order valence-electron chi connectivity index (χ1n) is 14.3. The maximum Gasteiger partial charge on any atom is 0.123 e. The maximum atomic E-state index is 13.5. The lowest BCUT2D eigenvalue weighted by atomic mass is 10.1. The van der Waals surface area contributed by atoms with Gasteiger partial charge in [-0.05, 0) is 97.9 Å². The van der Waals surface area contributed by atoms with Crippen molar-refractivity contribution in [2.75, 3.05) is 16.8 Å². The van der Waals surface area contributed by atoms with Gasteiger partial charge in [-0.2, -0.15) is 0 Å². The second kappa shape index (κ2) is 10.2. The topological polar surface area (TPSA) is 6.48 Å². The number of benzene rings is 6. The molecule has 0 N–H and O–H groups in total. The number of hydrogen-bond donors (Lipinski definition) is 0. The number of para-hydroxylation sites is 1. The predicted octanol–water partition coefficient (Wildman–Crippen LogP) is 12.1. The number of nitrogens with zero attached hydrogens (tertiary/aromatic N) is 2. The second-order valence-electron chi connectivity index (χ2n) is 11.0. The lowest BCUT2D eigenvalue weighted by Gasteiger charge is -2.25. The molecule has 6 aromatic carbocycles. The van der Waals surface area contributed by atoms with E-state index in [0.717, 1.165) is 28.4 Å². The molecule has 0 aliphatic heterocycles. The van der Waals surface area contributed by atoms with Crippen molar-refractivity contribution in [1.29, 1.82) is 0 Å². The van der Waals surface area contributed by atoms with Crippen molar-refractivity contribution >= 4 is 91.5 Å². The lowest BCUT2D eigenvalue weighted by molar-refractivity contribution is 0.628. The summed E-state index contributed by atoms with van der Waals surface area (Å²) in [5.74, 6) is -0.226. The van der Waals surface area contributed by atoms with Crippen LogP contribution in [0.4, 0.5) is 32.8 Å². The van der Waals surface area contributed by atoms with Crippen LogP contribution in [0.25, 0.3) is 40.3 Å². The molecule has 0 radical (unpaired) electrons. The predicted molar refractivity (Wildman–Crippen MR) is 186 cm³/mol. The summed E-state index contributed by atoms with van der Waals surface area (Å²) >= 11 is 3.66. The summed E-state index contributed by atoms with van der Waals surface area (Å²) in [6.07, 6.45) is 0. The van der Waals surface area contributed by atoms with Crippen LogP contribution < -0.4 is 9.80 Å². The van der Waals surface area contributed by atoms with Gasteiger partial charge < -0.3 is 9.80 Å². The zero-order chi connectivity index (χ0) is 29.1. The van der Waals surface area contributed by atoms with Crippen LogP contribution in [0, 0.1) is 12.7 Å². The highest BCUT2D eigenvalue weighted by Gasteiger charge is 2.17. The Balaban J connectivity index is 1.25. The van der Waals surface area contributed by atoms with Crippen LogP contribution in [0.3, 0.4) is 0 Å². The molecule has 208 valence electrons. The molecule has 5 heteroatoms. The Morgan fingerprint density at radius 1 is 0.465 bits per heavy atom. The third-order valence-electron chi connectivity index (χ3n) is 8.18. The fourth-order valence-electron chi connectivity index (χ4n) is 5.96. The van der Waals surface area contributed by atoms with E-state index in [1.54, 1.807) is 0 Å². The molecule has 0 saturated carbocycles. The fraction of sp³-hybridized carbons (Fsp3) is 0.0526. The van der Waals surface area contributed by atoms with Gasteiger partial charge in [-0.15, -0.1) is 22.7 Å². The molecule has 0 spiro atoms. The minimum absolute atomic E-state index is 0.226. The Morgan fingerprint density at radius 3 is 1.77 bits per heavy atom. The molecule has 0 unspecified atom stereocenters. The number of anilines is 5. The van der Waals surface area contributed by atoms with Gasteiger partial charge in [0.2, 0.25) is 0 Å². The van der Waals surface area contributed by atoms with Crippen LogP contribution in [-0.2, 0) is 0 Å². The van der Waals surface area contributed by atoms with E-state index >= 15 is 0 Å². The van der Waals surface area contributed by atoms with Crippen molar-refractivity contribution in [1.82, 2.24) is 0 Å². The molecule has 0 aliphatic rings. The Labute approximate surface area is 257 Å². The van der Waals surface area contributed by atoms with Crippen molar-refractivity contribution in [2.24, 2.45) is 0 Å². The summed E-state index contributed by atoms with van der Waals surface area (Å²) < 4.78 is 18.6. The average Bonchev–Trinajstić information content (AvgIpc) is 3.58. The Morgan fingerprint density at radius 2 is 1.02 bits per heavy atom. The molecular weight excluding hydrogens is 568 g/mol. The summed E-state index contributed by atoms with van der Waals surface area (Å²) in [6, 6.07) is 44.2. The second-order valence-corrected chi connectivity index (χ2v) is 13.1.